The maximum atomic E-state index is 12.3. The average molecular weight is 338 g/mol. The maximum Gasteiger partial charge on any atom is 0.236 e. The molecule has 6 heteroatoms. The Bertz CT molecular complexity index is 320. The van der Waals surface area contributed by atoms with Crippen molar-refractivity contribution in [1.29, 1.82) is 0 Å². The van der Waals surface area contributed by atoms with Crippen LogP contribution in [-0.2, 0) is 4.79 Å². The largest absolute Gasteiger partial charge is 0.337 e. The summed E-state index contributed by atoms with van der Waals surface area (Å²) in [5.41, 5.74) is 0. The molecule has 0 aromatic heterocycles. The summed E-state index contributed by atoms with van der Waals surface area (Å²) >= 11 is 0. The first-order valence-electron chi connectivity index (χ1n) is 8.05. The van der Waals surface area contributed by atoms with Gasteiger partial charge in [0, 0.05) is 19.1 Å². The lowest BCUT2D eigenvalue weighted by Gasteiger charge is -2.28. The monoisotopic (exact) mass is 337 g/mol. The summed E-state index contributed by atoms with van der Waals surface area (Å²) in [5, 5.41) is 3.33. The zero-order valence-corrected chi connectivity index (χ0v) is 14.4. The second kappa shape index (κ2) is 9.19. The quantitative estimate of drug-likeness (QED) is 0.804. The van der Waals surface area contributed by atoms with Gasteiger partial charge in [0.25, 0.3) is 0 Å². The molecule has 2 aliphatic heterocycles. The molecule has 3 aliphatic rings. The maximum absolute atomic E-state index is 12.3. The molecule has 1 aliphatic carbocycles. The van der Waals surface area contributed by atoms with E-state index in [0.29, 0.717) is 18.5 Å². The third-order valence-corrected chi connectivity index (χ3v) is 4.77. The highest BCUT2D eigenvalue weighted by Gasteiger charge is 2.30. The second-order valence-electron chi connectivity index (χ2n) is 6.47. The highest BCUT2D eigenvalue weighted by atomic mass is 35.5. The van der Waals surface area contributed by atoms with Gasteiger partial charge in [-0.15, -0.1) is 24.8 Å². The lowest BCUT2D eigenvalue weighted by atomic mass is 10.2. The number of nitrogens with zero attached hydrogens (tertiary/aromatic N) is 2. The molecule has 2 heterocycles. The fraction of sp³-hybridized carbons (Fsp3) is 0.933. The molecule has 124 valence electrons. The Balaban J connectivity index is 0.00000110. The number of halogens is 2. The SMILES string of the molecule is Cl.Cl.O=C(CNCC1CC1)N1CCCC1CN1CCCC1. The number of likely N-dealkylation sites (tertiary alicyclic amines) is 2. The van der Waals surface area contributed by atoms with Crippen molar-refractivity contribution in [3.05, 3.63) is 0 Å². The van der Waals surface area contributed by atoms with Crippen LogP contribution in [0.4, 0.5) is 0 Å². The van der Waals surface area contributed by atoms with Crippen LogP contribution < -0.4 is 5.32 Å². The second-order valence-corrected chi connectivity index (χ2v) is 6.47. The fourth-order valence-electron chi connectivity index (χ4n) is 3.42. The molecule has 1 N–H and O–H groups in total. The van der Waals surface area contributed by atoms with Crippen LogP contribution in [0.2, 0.25) is 0 Å². The first kappa shape index (κ1) is 19.0. The molecular formula is C15H29Cl2N3O. The molecule has 0 aromatic rings. The van der Waals surface area contributed by atoms with Crippen LogP contribution in [0.3, 0.4) is 0 Å². The van der Waals surface area contributed by atoms with E-state index in [9.17, 15) is 4.79 Å². The van der Waals surface area contributed by atoms with Crippen molar-refractivity contribution in [2.75, 3.05) is 39.3 Å². The van der Waals surface area contributed by atoms with Gasteiger partial charge in [-0.05, 0) is 64.1 Å². The number of carbonyl (C=O) groups excluding carboxylic acids is 1. The number of amides is 1. The van der Waals surface area contributed by atoms with Gasteiger partial charge in [0.05, 0.1) is 6.54 Å². The molecule has 1 amide bonds. The Morgan fingerprint density at radius 1 is 1.00 bits per heavy atom. The van der Waals surface area contributed by atoms with Gasteiger partial charge in [-0.1, -0.05) is 0 Å². The van der Waals surface area contributed by atoms with Crippen molar-refractivity contribution in [3.8, 4) is 0 Å². The molecule has 0 bridgehead atoms. The lowest BCUT2D eigenvalue weighted by molar-refractivity contribution is -0.131. The van der Waals surface area contributed by atoms with E-state index in [4.69, 9.17) is 0 Å². The minimum absolute atomic E-state index is 0. The summed E-state index contributed by atoms with van der Waals surface area (Å²) in [4.78, 5) is 16.9. The molecule has 1 unspecified atom stereocenters. The normalized spacial score (nSPS) is 25.5. The van der Waals surface area contributed by atoms with E-state index in [2.05, 4.69) is 15.1 Å². The molecule has 1 saturated carbocycles. The molecule has 1 atom stereocenters. The van der Waals surface area contributed by atoms with Crippen LogP contribution in [0.1, 0.15) is 38.5 Å². The van der Waals surface area contributed by atoms with Gasteiger partial charge in [-0.25, -0.2) is 0 Å². The molecule has 21 heavy (non-hydrogen) atoms. The van der Waals surface area contributed by atoms with Crippen LogP contribution >= 0.6 is 24.8 Å². The molecule has 3 rings (SSSR count). The van der Waals surface area contributed by atoms with Gasteiger partial charge in [0.15, 0.2) is 0 Å². The van der Waals surface area contributed by atoms with Crippen LogP contribution in [-0.4, -0.2) is 61.0 Å². The molecule has 0 radical (unpaired) electrons. The fourth-order valence-corrected chi connectivity index (χ4v) is 3.42. The Labute approximate surface area is 140 Å². The molecular weight excluding hydrogens is 309 g/mol. The summed E-state index contributed by atoms with van der Waals surface area (Å²) < 4.78 is 0. The average Bonchev–Trinajstić information content (AvgIpc) is 2.91. The minimum atomic E-state index is 0. The van der Waals surface area contributed by atoms with Crippen LogP contribution in [0.25, 0.3) is 0 Å². The van der Waals surface area contributed by atoms with Crippen molar-refractivity contribution in [2.45, 2.75) is 44.6 Å². The van der Waals surface area contributed by atoms with Crippen molar-refractivity contribution < 1.29 is 4.79 Å². The van der Waals surface area contributed by atoms with Gasteiger partial charge in [-0.2, -0.15) is 0 Å². The van der Waals surface area contributed by atoms with Crippen molar-refractivity contribution in [2.24, 2.45) is 5.92 Å². The van der Waals surface area contributed by atoms with E-state index in [-0.39, 0.29) is 24.8 Å². The standard InChI is InChI=1S/C15H27N3O.2ClH/c19-15(11-16-10-13-5-6-13)18-9-3-4-14(18)12-17-7-1-2-8-17;;/h13-14,16H,1-12H2;2*1H. The predicted molar refractivity (Wildman–Crippen MR) is 90.5 cm³/mol. The third-order valence-electron chi connectivity index (χ3n) is 4.77. The van der Waals surface area contributed by atoms with Crippen molar-refractivity contribution in [1.82, 2.24) is 15.1 Å². The van der Waals surface area contributed by atoms with Gasteiger partial charge in [0.2, 0.25) is 5.91 Å². The number of carbonyl (C=O) groups is 1. The van der Waals surface area contributed by atoms with Gasteiger partial charge in [0.1, 0.15) is 0 Å². The Hall–Kier alpha value is -0.0300. The van der Waals surface area contributed by atoms with Crippen molar-refractivity contribution in [3.63, 3.8) is 0 Å². The smallest absolute Gasteiger partial charge is 0.236 e. The van der Waals surface area contributed by atoms with E-state index in [0.717, 1.165) is 25.6 Å². The minimum Gasteiger partial charge on any atom is -0.337 e. The molecule has 0 aromatic carbocycles. The van der Waals surface area contributed by atoms with E-state index >= 15 is 0 Å². The highest BCUT2D eigenvalue weighted by molar-refractivity contribution is 5.85. The summed E-state index contributed by atoms with van der Waals surface area (Å²) in [6.07, 6.45) is 7.76. The summed E-state index contributed by atoms with van der Waals surface area (Å²) in [6.45, 7) is 6.14. The topological polar surface area (TPSA) is 35.6 Å². The summed E-state index contributed by atoms with van der Waals surface area (Å²) in [6, 6.07) is 0.480. The first-order valence-corrected chi connectivity index (χ1v) is 8.05. The molecule has 0 spiro atoms. The zero-order chi connectivity index (χ0) is 13.1. The summed E-state index contributed by atoms with van der Waals surface area (Å²) in [5.74, 6) is 1.18. The van der Waals surface area contributed by atoms with Gasteiger partial charge >= 0.3 is 0 Å². The van der Waals surface area contributed by atoms with Crippen LogP contribution in [0.15, 0.2) is 0 Å². The zero-order valence-electron chi connectivity index (χ0n) is 12.8. The Morgan fingerprint density at radius 2 is 1.71 bits per heavy atom. The Morgan fingerprint density at radius 3 is 2.38 bits per heavy atom. The third kappa shape index (κ3) is 5.59. The number of hydrogen-bond donors (Lipinski definition) is 1. The number of hydrogen-bond acceptors (Lipinski definition) is 3. The molecule has 2 saturated heterocycles. The van der Waals surface area contributed by atoms with Crippen LogP contribution in [0.5, 0.6) is 0 Å². The number of rotatable bonds is 6. The summed E-state index contributed by atoms with van der Waals surface area (Å²) in [7, 11) is 0. The van der Waals surface area contributed by atoms with Crippen molar-refractivity contribution >= 4 is 30.7 Å². The van der Waals surface area contributed by atoms with E-state index in [1.165, 1.54) is 51.6 Å². The van der Waals surface area contributed by atoms with E-state index in [1.54, 1.807) is 0 Å². The predicted octanol–water partition coefficient (Wildman–Crippen LogP) is 1.92. The highest BCUT2D eigenvalue weighted by Crippen LogP contribution is 2.27. The first-order chi connectivity index (χ1) is 9.33. The lowest BCUT2D eigenvalue weighted by Crippen LogP contribution is -2.45. The van der Waals surface area contributed by atoms with Crippen LogP contribution in [0, 0.1) is 5.92 Å². The van der Waals surface area contributed by atoms with Gasteiger partial charge in [-0.3, -0.25) is 4.79 Å². The number of nitrogens with one attached hydrogen (secondary N) is 1. The molecule has 4 nitrogen and oxygen atoms in total. The van der Waals surface area contributed by atoms with Gasteiger partial charge < -0.3 is 15.1 Å². The van der Waals surface area contributed by atoms with E-state index in [1.807, 2.05) is 0 Å². The van der Waals surface area contributed by atoms with E-state index < -0.39 is 0 Å². The molecule has 3 fully saturated rings. The Kier molecular flexibility index (Phi) is 8.32.